The molecular weight excluding hydrogens is 410 g/mol. The summed E-state index contributed by atoms with van der Waals surface area (Å²) in [6.45, 7) is 6.27. The van der Waals surface area contributed by atoms with Crippen LogP contribution in [0.3, 0.4) is 0 Å². The van der Waals surface area contributed by atoms with Gasteiger partial charge in [-0.15, -0.1) is 0 Å². The Balaban J connectivity index is 1.44. The molecule has 1 aliphatic rings. The number of methoxy groups -OCH3 is 2. The first kappa shape index (κ1) is 21.4. The fourth-order valence-electron chi connectivity index (χ4n) is 4.28. The minimum atomic E-state index is -0.0554. The summed E-state index contributed by atoms with van der Waals surface area (Å²) >= 11 is 1.72. The van der Waals surface area contributed by atoms with Gasteiger partial charge in [0.05, 0.1) is 30.4 Å². The number of anilines is 1. The number of carbonyl (C=O) groups excluding carboxylic acids is 1. The van der Waals surface area contributed by atoms with Crippen LogP contribution >= 0.6 is 11.3 Å². The number of piperidine rings is 1. The molecule has 2 heterocycles. The molecule has 1 aromatic heterocycles. The second kappa shape index (κ2) is 9.14. The minimum Gasteiger partial charge on any atom is -0.493 e. The number of para-hydroxylation sites is 1. The van der Waals surface area contributed by atoms with E-state index < -0.39 is 0 Å². The van der Waals surface area contributed by atoms with E-state index in [9.17, 15) is 4.79 Å². The Hall–Kier alpha value is -2.80. The molecule has 0 radical (unpaired) electrons. The standard InChI is InChI=1S/C24H29N3O3S/c1-15-11-16(2)21-20(12-15)31-24(26-21)27-10-6-8-18(14-27)23(28)25-13-17-7-5-9-19(29-3)22(17)30-4/h5,7,9,11-12,18H,6,8,10,13-14H2,1-4H3,(H,25,28)/t18-/m1/s1. The average molecular weight is 440 g/mol. The summed E-state index contributed by atoms with van der Waals surface area (Å²) in [7, 11) is 3.23. The average Bonchev–Trinajstić information content (AvgIpc) is 3.21. The van der Waals surface area contributed by atoms with E-state index in [4.69, 9.17) is 14.5 Å². The number of benzene rings is 2. The van der Waals surface area contributed by atoms with Gasteiger partial charge in [-0.05, 0) is 49.9 Å². The molecule has 31 heavy (non-hydrogen) atoms. The molecule has 1 fully saturated rings. The molecular formula is C24H29N3O3S. The highest BCUT2D eigenvalue weighted by atomic mass is 32.1. The Morgan fingerprint density at radius 1 is 1.26 bits per heavy atom. The smallest absolute Gasteiger partial charge is 0.225 e. The summed E-state index contributed by atoms with van der Waals surface area (Å²) in [4.78, 5) is 20.1. The molecule has 2 aromatic carbocycles. The van der Waals surface area contributed by atoms with Crippen molar-refractivity contribution in [3.05, 3.63) is 47.0 Å². The van der Waals surface area contributed by atoms with Crippen molar-refractivity contribution in [2.24, 2.45) is 5.92 Å². The molecule has 164 valence electrons. The van der Waals surface area contributed by atoms with Crippen LogP contribution in [0.5, 0.6) is 11.5 Å². The number of hydrogen-bond acceptors (Lipinski definition) is 6. The second-order valence-electron chi connectivity index (χ2n) is 8.08. The maximum absolute atomic E-state index is 12.9. The number of ether oxygens (including phenoxy) is 2. The monoisotopic (exact) mass is 439 g/mol. The molecule has 6 nitrogen and oxygen atoms in total. The van der Waals surface area contributed by atoms with Gasteiger partial charge in [-0.25, -0.2) is 4.98 Å². The number of thiazole rings is 1. The number of nitrogens with zero attached hydrogens (tertiary/aromatic N) is 2. The zero-order valence-electron chi connectivity index (χ0n) is 18.5. The van der Waals surface area contributed by atoms with Gasteiger partial charge >= 0.3 is 0 Å². The highest BCUT2D eigenvalue weighted by Gasteiger charge is 2.27. The van der Waals surface area contributed by atoms with E-state index in [1.165, 1.54) is 15.8 Å². The van der Waals surface area contributed by atoms with Crippen molar-refractivity contribution in [2.75, 3.05) is 32.2 Å². The van der Waals surface area contributed by atoms with Crippen LogP contribution in [0.4, 0.5) is 5.13 Å². The van der Waals surface area contributed by atoms with Gasteiger partial charge in [0.25, 0.3) is 0 Å². The molecule has 0 unspecified atom stereocenters. The molecule has 1 saturated heterocycles. The zero-order chi connectivity index (χ0) is 22.0. The van der Waals surface area contributed by atoms with Gasteiger partial charge in [-0.2, -0.15) is 0 Å². The zero-order valence-corrected chi connectivity index (χ0v) is 19.3. The predicted octanol–water partition coefficient (Wildman–Crippen LogP) is 4.46. The van der Waals surface area contributed by atoms with Crippen molar-refractivity contribution < 1.29 is 14.3 Å². The molecule has 1 amide bonds. The van der Waals surface area contributed by atoms with E-state index in [0.29, 0.717) is 24.6 Å². The number of amides is 1. The molecule has 1 atom stereocenters. The summed E-state index contributed by atoms with van der Waals surface area (Å²) < 4.78 is 12.0. The Labute approximate surface area is 187 Å². The summed E-state index contributed by atoms with van der Waals surface area (Å²) in [5, 5.41) is 4.10. The fourth-order valence-corrected chi connectivity index (χ4v) is 5.46. The molecule has 4 rings (SSSR count). The van der Waals surface area contributed by atoms with E-state index >= 15 is 0 Å². The number of aromatic nitrogens is 1. The largest absolute Gasteiger partial charge is 0.493 e. The lowest BCUT2D eigenvalue weighted by Gasteiger charge is -2.31. The van der Waals surface area contributed by atoms with Crippen molar-refractivity contribution in [3.8, 4) is 11.5 Å². The Bertz CT molecular complexity index is 1100. The number of aryl methyl sites for hydroxylation is 2. The van der Waals surface area contributed by atoms with Gasteiger partial charge < -0.3 is 19.7 Å². The number of rotatable bonds is 6. The van der Waals surface area contributed by atoms with Crippen LogP contribution in [0.15, 0.2) is 30.3 Å². The van der Waals surface area contributed by atoms with Crippen LogP contribution in [0.25, 0.3) is 10.2 Å². The maximum atomic E-state index is 12.9. The lowest BCUT2D eigenvalue weighted by Crippen LogP contribution is -2.43. The molecule has 1 aliphatic heterocycles. The van der Waals surface area contributed by atoms with Gasteiger partial charge in [-0.1, -0.05) is 29.5 Å². The SMILES string of the molecule is COc1cccc(CNC(=O)[C@@H]2CCCN(c3nc4c(C)cc(C)cc4s3)C2)c1OC. The molecule has 0 aliphatic carbocycles. The topological polar surface area (TPSA) is 63.7 Å². The first-order valence-electron chi connectivity index (χ1n) is 10.6. The van der Waals surface area contributed by atoms with Crippen LogP contribution < -0.4 is 19.7 Å². The summed E-state index contributed by atoms with van der Waals surface area (Å²) in [6, 6.07) is 10.1. The van der Waals surface area contributed by atoms with Crippen molar-refractivity contribution in [1.82, 2.24) is 10.3 Å². The number of nitrogens with one attached hydrogen (secondary N) is 1. The normalized spacial score (nSPS) is 16.4. The Morgan fingerprint density at radius 2 is 2.10 bits per heavy atom. The van der Waals surface area contributed by atoms with E-state index in [2.05, 4.69) is 36.2 Å². The molecule has 7 heteroatoms. The van der Waals surface area contributed by atoms with Gasteiger partial charge in [0.1, 0.15) is 0 Å². The molecule has 0 spiro atoms. The third-order valence-corrected chi connectivity index (χ3v) is 6.88. The van der Waals surface area contributed by atoms with Crippen LogP contribution in [0, 0.1) is 19.8 Å². The molecule has 0 bridgehead atoms. The van der Waals surface area contributed by atoms with Crippen LogP contribution in [0.1, 0.15) is 29.5 Å². The molecule has 0 saturated carbocycles. The first-order valence-corrected chi connectivity index (χ1v) is 11.4. The molecule has 1 N–H and O–H groups in total. The van der Waals surface area contributed by atoms with E-state index in [1.807, 2.05) is 18.2 Å². The van der Waals surface area contributed by atoms with Gasteiger partial charge in [-0.3, -0.25) is 4.79 Å². The predicted molar refractivity (Wildman–Crippen MR) is 125 cm³/mol. The number of fused-ring (bicyclic) bond motifs is 1. The van der Waals surface area contributed by atoms with Crippen LogP contribution in [0.2, 0.25) is 0 Å². The van der Waals surface area contributed by atoms with Crippen molar-refractivity contribution in [2.45, 2.75) is 33.2 Å². The first-order chi connectivity index (χ1) is 15.0. The van der Waals surface area contributed by atoms with Gasteiger partial charge in [0.2, 0.25) is 5.91 Å². The van der Waals surface area contributed by atoms with Crippen molar-refractivity contribution in [1.29, 1.82) is 0 Å². The highest BCUT2D eigenvalue weighted by molar-refractivity contribution is 7.22. The Morgan fingerprint density at radius 3 is 2.87 bits per heavy atom. The summed E-state index contributed by atoms with van der Waals surface area (Å²) in [5.74, 6) is 1.35. The summed E-state index contributed by atoms with van der Waals surface area (Å²) in [6.07, 6.45) is 1.87. The van der Waals surface area contributed by atoms with Crippen molar-refractivity contribution >= 4 is 32.6 Å². The van der Waals surface area contributed by atoms with E-state index in [-0.39, 0.29) is 11.8 Å². The minimum absolute atomic E-state index is 0.0554. The quantitative estimate of drug-likeness (QED) is 0.614. The van der Waals surface area contributed by atoms with E-state index in [1.54, 1.807) is 25.6 Å². The summed E-state index contributed by atoms with van der Waals surface area (Å²) in [5.41, 5.74) is 4.43. The Kier molecular flexibility index (Phi) is 6.32. The second-order valence-corrected chi connectivity index (χ2v) is 9.09. The maximum Gasteiger partial charge on any atom is 0.225 e. The van der Waals surface area contributed by atoms with Crippen LogP contribution in [-0.2, 0) is 11.3 Å². The van der Waals surface area contributed by atoms with E-state index in [0.717, 1.165) is 35.6 Å². The van der Waals surface area contributed by atoms with Gasteiger partial charge in [0, 0.05) is 25.2 Å². The highest BCUT2D eigenvalue weighted by Crippen LogP contribution is 2.34. The fraction of sp³-hybridized carbons (Fsp3) is 0.417. The lowest BCUT2D eigenvalue weighted by molar-refractivity contribution is -0.125. The lowest BCUT2D eigenvalue weighted by atomic mass is 9.97. The number of hydrogen-bond donors (Lipinski definition) is 1. The molecule has 3 aromatic rings. The van der Waals surface area contributed by atoms with Crippen molar-refractivity contribution in [3.63, 3.8) is 0 Å². The number of carbonyl (C=O) groups is 1. The third kappa shape index (κ3) is 4.46. The van der Waals surface area contributed by atoms with Crippen LogP contribution in [-0.4, -0.2) is 38.2 Å². The third-order valence-electron chi connectivity index (χ3n) is 5.82. The van der Waals surface area contributed by atoms with Gasteiger partial charge in [0.15, 0.2) is 16.6 Å².